The highest BCUT2D eigenvalue weighted by molar-refractivity contribution is 5.75. The summed E-state index contributed by atoms with van der Waals surface area (Å²) >= 11 is 0. The van der Waals surface area contributed by atoms with Gasteiger partial charge in [-0.2, -0.15) is 0 Å². The molecule has 0 bridgehead atoms. The van der Waals surface area contributed by atoms with Gasteiger partial charge in [0.1, 0.15) is 5.78 Å². The molecule has 58 valence electrons. The van der Waals surface area contributed by atoms with Crippen LogP contribution in [0.1, 0.15) is 26.7 Å². The van der Waals surface area contributed by atoms with Gasteiger partial charge in [-0.3, -0.25) is 0 Å². The lowest BCUT2D eigenvalue weighted by Gasteiger charge is -2.01. The third-order valence-electron chi connectivity index (χ3n) is 1.21. The first-order chi connectivity index (χ1) is 4.66. The molecule has 0 aliphatic heterocycles. The molecule has 0 saturated heterocycles. The van der Waals surface area contributed by atoms with Gasteiger partial charge in [-0.05, 0) is 20.3 Å². The minimum absolute atomic E-state index is 0.128. The molecule has 0 aromatic heterocycles. The highest BCUT2D eigenvalue weighted by Crippen LogP contribution is 1.98. The number of aliphatic hydroxyl groups excluding tert-OH is 1. The zero-order valence-electron chi connectivity index (χ0n) is 6.50. The molecular weight excluding hydrogens is 128 g/mol. The molecule has 0 fully saturated rings. The van der Waals surface area contributed by atoms with Gasteiger partial charge < -0.3 is 9.90 Å². The Kier molecular flexibility index (Phi) is 4.85. The number of Topliss-reactive ketones (excluding diaryl/α,β-unsaturated/α-hetero) is 1. The van der Waals surface area contributed by atoms with Gasteiger partial charge in [-0.1, -0.05) is 12.2 Å². The first-order valence-corrected chi connectivity index (χ1v) is 3.47. The maximum absolute atomic E-state index is 10.4. The van der Waals surface area contributed by atoms with E-state index >= 15 is 0 Å². The van der Waals surface area contributed by atoms with Crippen LogP contribution in [0.5, 0.6) is 0 Å². The van der Waals surface area contributed by atoms with E-state index in [4.69, 9.17) is 5.11 Å². The van der Waals surface area contributed by atoms with Crippen LogP contribution in [0, 0.1) is 0 Å². The zero-order valence-corrected chi connectivity index (χ0v) is 6.50. The number of hydrogen-bond acceptors (Lipinski definition) is 2. The zero-order chi connectivity index (χ0) is 7.98. The van der Waals surface area contributed by atoms with Crippen molar-refractivity contribution in [2.45, 2.75) is 32.8 Å². The molecule has 0 radical (unpaired) electrons. The Morgan fingerprint density at radius 3 is 2.70 bits per heavy atom. The van der Waals surface area contributed by atoms with Crippen molar-refractivity contribution in [2.24, 2.45) is 0 Å². The van der Waals surface area contributed by atoms with E-state index in [-0.39, 0.29) is 5.78 Å². The van der Waals surface area contributed by atoms with Crippen LogP contribution in [0.25, 0.3) is 0 Å². The molecule has 1 N–H and O–H groups in total. The summed E-state index contributed by atoms with van der Waals surface area (Å²) < 4.78 is 0. The predicted molar refractivity (Wildman–Crippen MR) is 40.7 cm³/mol. The van der Waals surface area contributed by atoms with Crippen molar-refractivity contribution >= 4 is 5.78 Å². The van der Waals surface area contributed by atoms with Crippen LogP contribution in [0.2, 0.25) is 0 Å². The summed E-state index contributed by atoms with van der Waals surface area (Å²) in [5.41, 5.74) is 0. The summed E-state index contributed by atoms with van der Waals surface area (Å²) in [4.78, 5) is 10.4. The van der Waals surface area contributed by atoms with Crippen molar-refractivity contribution in [2.75, 3.05) is 0 Å². The van der Waals surface area contributed by atoms with E-state index in [1.54, 1.807) is 12.2 Å². The van der Waals surface area contributed by atoms with Crippen molar-refractivity contribution in [3.63, 3.8) is 0 Å². The van der Waals surface area contributed by atoms with Crippen molar-refractivity contribution in [1.82, 2.24) is 0 Å². The summed E-state index contributed by atoms with van der Waals surface area (Å²) in [6.07, 6.45) is 4.02. The van der Waals surface area contributed by atoms with Gasteiger partial charge in [0, 0.05) is 6.42 Å². The SMILES string of the molecule is C/C=C\[C@@H](O)CCC(C)=O. The molecule has 0 rings (SSSR count). The average Bonchev–Trinajstić information content (AvgIpc) is 1.85. The van der Waals surface area contributed by atoms with E-state index in [9.17, 15) is 4.79 Å². The topological polar surface area (TPSA) is 37.3 Å². The van der Waals surface area contributed by atoms with Crippen LogP contribution in [-0.2, 0) is 4.79 Å². The summed E-state index contributed by atoms with van der Waals surface area (Å²) in [5, 5.41) is 9.06. The standard InChI is InChI=1S/C8H14O2/c1-3-4-8(10)6-5-7(2)9/h3-4,8,10H,5-6H2,1-2H3/b4-3-/t8-/m1/s1. The predicted octanol–water partition coefficient (Wildman–Crippen LogP) is 1.29. The van der Waals surface area contributed by atoms with Crippen LogP contribution < -0.4 is 0 Å². The van der Waals surface area contributed by atoms with Gasteiger partial charge in [0.15, 0.2) is 0 Å². The monoisotopic (exact) mass is 142 g/mol. The lowest BCUT2D eigenvalue weighted by atomic mass is 10.1. The van der Waals surface area contributed by atoms with Gasteiger partial charge in [-0.25, -0.2) is 0 Å². The molecule has 0 saturated carbocycles. The molecule has 0 aliphatic rings. The molecule has 0 heterocycles. The lowest BCUT2D eigenvalue weighted by molar-refractivity contribution is -0.117. The fourth-order valence-corrected chi connectivity index (χ4v) is 0.670. The molecule has 0 spiro atoms. The molecule has 1 atom stereocenters. The molecule has 0 aromatic rings. The molecule has 0 amide bonds. The molecule has 0 aromatic carbocycles. The van der Waals surface area contributed by atoms with Gasteiger partial charge in [0.2, 0.25) is 0 Å². The quantitative estimate of drug-likeness (QED) is 0.600. The second-order valence-corrected chi connectivity index (χ2v) is 2.33. The normalized spacial score (nSPS) is 13.9. The second-order valence-electron chi connectivity index (χ2n) is 2.33. The molecule has 2 nitrogen and oxygen atoms in total. The summed E-state index contributed by atoms with van der Waals surface area (Å²) in [6.45, 7) is 3.37. The average molecular weight is 142 g/mol. The maximum atomic E-state index is 10.4. The summed E-state index contributed by atoms with van der Waals surface area (Å²) in [7, 11) is 0. The first kappa shape index (κ1) is 9.37. The van der Waals surface area contributed by atoms with E-state index in [2.05, 4.69) is 0 Å². The van der Waals surface area contributed by atoms with E-state index in [0.29, 0.717) is 12.8 Å². The number of allylic oxidation sites excluding steroid dienone is 1. The van der Waals surface area contributed by atoms with E-state index in [0.717, 1.165) is 0 Å². The number of rotatable bonds is 4. The van der Waals surface area contributed by atoms with Crippen LogP contribution in [-0.4, -0.2) is 17.0 Å². The Morgan fingerprint density at radius 2 is 2.30 bits per heavy atom. The minimum Gasteiger partial charge on any atom is -0.389 e. The number of ketones is 1. The molecule has 10 heavy (non-hydrogen) atoms. The fourth-order valence-electron chi connectivity index (χ4n) is 0.670. The number of carbonyl (C=O) groups excluding carboxylic acids is 1. The van der Waals surface area contributed by atoms with Gasteiger partial charge >= 0.3 is 0 Å². The van der Waals surface area contributed by atoms with Crippen molar-refractivity contribution in [3.8, 4) is 0 Å². The molecular formula is C8H14O2. The Bertz CT molecular complexity index is 127. The van der Waals surface area contributed by atoms with Crippen molar-refractivity contribution in [3.05, 3.63) is 12.2 Å². The third kappa shape index (κ3) is 5.51. The van der Waals surface area contributed by atoms with Gasteiger partial charge in [0.05, 0.1) is 6.10 Å². The smallest absolute Gasteiger partial charge is 0.129 e. The number of aliphatic hydroxyl groups is 1. The Labute approximate surface area is 61.6 Å². The van der Waals surface area contributed by atoms with Crippen LogP contribution in [0.15, 0.2) is 12.2 Å². The molecule has 0 unspecified atom stereocenters. The summed E-state index contributed by atoms with van der Waals surface area (Å²) in [5.74, 6) is 0.128. The highest BCUT2D eigenvalue weighted by Gasteiger charge is 1.99. The minimum atomic E-state index is -0.450. The van der Waals surface area contributed by atoms with Gasteiger partial charge in [0.25, 0.3) is 0 Å². The van der Waals surface area contributed by atoms with E-state index in [1.165, 1.54) is 6.92 Å². The van der Waals surface area contributed by atoms with E-state index in [1.807, 2.05) is 6.92 Å². The fraction of sp³-hybridized carbons (Fsp3) is 0.625. The maximum Gasteiger partial charge on any atom is 0.129 e. The Balaban J connectivity index is 3.39. The van der Waals surface area contributed by atoms with Crippen LogP contribution >= 0.6 is 0 Å². The number of hydrogen-bond donors (Lipinski definition) is 1. The Hall–Kier alpha value is -0.630. The second kappa shape index (κ2) is 5.18. The highest BCUT2D eigenvalue weighted by atomic mass is 16.3. The summed E-state index contributed by atoms with van der Waals surface area (Å²) in [6, 6.07) is 0. The number of carbonyl (C=O) groups is 1. The van der Waals surface area contributed by atoms with Crippen LogP contribution in [0.3, 0.4) is 0 Å². The first-order valence-electron chi connectivity index (χ1n) is 3.47. The van der Waals surface area contributed by atoms with Crippen molar-refractivity contribution in [1.29, 1.82) is 0 Å². The molecule has 2 heteroatoms. The lowest BCUT2D eigenvalue weighted by Crippen LogP contribution is -2.04. The Morgan fingerprint density at radius 1 is 1.70 bits per heavy atom. The van der Waals surface area contributed by atoms with E-state index < -0.39 is 6.10 Å². The largest absolute Gasteiger partial charge is 0.389 e. The van der Waals surface area contributed by atoms with Crippen molar-refractivity contribution < 1.29 is 9.90 Å². The molecule has 0 aliphatic carbocycles. The van der Waals surface area contributed by atoms with Gasteiger partial charge in [-0.15, -0.1) is 0 Å². The third-order valence-corrected chi connectivity index (χ3v) is 1.21. The van der Waals surface area contributed by atoms with Crippen LogP contribution in [0.4, 0.5) is 0 Å².